The predicted molar refractivity (Wildman–Crippen MR) is 88.1 cm³/mol. The molecule has 0 fully saturated rings. The molecule has 106 valence electrons. The Balaban J connectivity index is 2.25. The standard InChI is InChI=1S/C19H25N/c1-5-8-20-13-17-6-7-19(16(4)12-17)18-10-14(2)9-15(3)11-18/h6-7,9-12,20H,5,8,13H2,1-4H3. The number of rotatable bonds is 5. The predicted octanol–water partition coefficient (Wildman–Crippen LogP) is 4.78. The Morgan fingerprint density at radius 2 is 1.60 bits per heavy atom. The Labute approximate surface area is 123 Å². The number of hydrogen-bond acceptors (Lipinski definition) is 1. The van der Waals surface area contributed by atoms with E-state index in [4.69, 9.17) is 0 Å². The number of benzene rings is 2. The van der Waals surface area contributed by atoms with E-state index in [9.17, 15) is 0 Å². The van der Waals surface area contributed by atoms with E-state index in [0.717, 1.165) is 13.1 Å². The first-order chi connectivity index (χ1) is 9.60. The lowest BCUT2D eigenvalue weighted by atomic mass is 9.96. The smallest absolute Gasteiger partial charge is 0.0205 e. The van der Waals surface area contributed by atoms with Crippen LogP contribution >= 0.6 is 0 Å². The average Bonchev–Trinajstić information content (AvgIpc) is 2.38. The summed E-state index contributed by atoms with van der Waals surface area (Å²) in [5, 5.41) is 3.46. The Morgan fingerprint density at radius 3 is 2.20 bits per heavy atom. The highest BCUT2D eigenvalue weighted by atomic mass is 14.8. The largest absolute Gasteiger partial charge is 0.313 e. The van der Waals surface area contributed by atoms with E-state index in [1.807, 2.05) is 0 Å². The second-order valence-electron chi connectivity index (χ2n) is 5.70. The fourth-order valence-electron chi connectivity index (χ4n) is 2.70. The molecule has 0 saturated carbocycles. The lowest BCUT2D eigenvalue weighted by molar-refractivity contribution is 0.675. The minimum absolute atomic E-state index is 0.960. The highest BCUT2D eigenvalue weighted by Gasteiger charge is 2.04. The quantitative estimate of drug-likeness (QED) is 0.769. The van der Waals surface area contributed by atoms with Gasteiger partial charge in [0.05, 0.1) is 0 Å². The molecule has 0 saturated heterocycles. The molecule has 1 N–H and O–H groups in total. The van der Waals surface area contributed by atoms with Crippen LogP contribution in [0.25, 0.3) is 11.1 Å². The second kappa shape index (κ2) is 6.71. The van der Waals surface area contributed by atoms with Gasteiger partial charge in [0.2, 0.25) is 0 Å². The van der Waals surface area contributed by atoms with Crippen molar-refractivity contribution in [2.45, 2.75) is 40.7 Å². The van der Waals surface area contributed by atoms with Gasteiger partial charge in [-0.25, -0.2) is 0 Å². The molecule has 2 rings (SSSR count). The van der Waals surface area contributed by atoms with Crippen LogP contribution in [0.1, 0.15) is 35.6 Å². The Kier molecular flexibility index (Phi) is 4.97. The van der Waals surface area contributed by atoms with Crippen molar-refractivity contribution in [3.05, 3.63) is 58.7 Å². The van der Waals surface area contributed by atoms with Crippen LogP contribution in [0.4, 0.5) is 0 Å². The molecule has 0 spiro atoms. The van der Waals surface area contributed by atoms with Crippen molar-refractivity contribution in [2.75, 3.05) is 6.54 Å². The van der Waals surface area contributed by atoms with Crippen LogP contribution in [0.2, 0.25) is 0 Å². The molecule has 0 aliphatic carbocycles. The summed E-state index contributed by atoms with van der Waals surface area (Å²) >= 11 is 0. The first-order valence-corrected chi connectivity index (χ1v) is 7.49. The molecule has 0 radical (unpaired) electrons. The van der Waals surface area contributed by atoms with Crippen LogP contribution in [0.3, 0.4) is 0 Å². The summed E-state index contributed by atoms with van der Waals surface area (Å²) in [6, 6.07) is 13.6. The summed E-state index contributed by atoms with van der Waals surface area (Å²) in [5.41, 5.74) is 8.04. The molecule has 0 bridgehead atoms. The Bertz CT molecular complexity index is 564. The minimum atomic E-state index is 0.960. The summed E-state index contributed by atoms with van der Waals surface area (Å²) in [6.45, 7) is 10.8. The molecule has 1 nitrogen and oxygen atoms in total. The highest BCUT2D eigenvalue weighted by molar-refractivity contribution is 5.69. The molecule has 2 aromatic carbocycles. The summed E-state index contributed by atoms with van der Waals surface area (Å²) in [7, 11) is 0. The maximum Gasteiger partial charge on any atom is 0.0205 e. The zero-order valence-corrected chi connectivity index (χ0v) is 13.1. The third kappa shape index (κ3) is 3.71. The van der Waals surface area contributed by atoms with Crippen LogP contribution in [-0.4, -0.2) is 6.54 Å². The highest BCUT2D eigenvalue weighted by Crippen LogP contribution is 2.26. The molecule has 1 heteroatoms. The molecule has 0 atom stereocenters. The van der Waals surface area contributed by atoms with Crippen LogP contribution in [0.5, 0.6) is 0 Å². The maximum atomic E-state index is 3.46. The molecule has 0 aromatic heterocycles. The van der Waals surface area contributed by atoms with Crippen LogP contribution in [0, 0.1) is 20.8 Å². The molecule has 0 aliphatic rings. The number of hydrogen-bond donors (Lipinski definition) is 1. The molecule has 20 heavy (non-hydrogen) atoms. The van der Waals surface area contributed by atoms with Gasteiger partial charge >= 0.3 is 0 Å². The van der Waals surface area contributed by atoms with Crippen LogP contribution in [-0.2, 0) is 6.54 Å². The first-order valence-electron chi connectivity index (χ1n) is 7.49. The van der Waals surface area contributed by atoms with Crippen molar-refractivity contribution in [3.63, 3.8) is 0 Å². The minimum Gasteiger partial charge on any atom is -0.313 e. The lowest BCUT2D eigenvalue weighted by Gasteiger charge is -2.11. The SMILES string of the molecule is CCCNCc1ccc(-c2cc(C)cc(C)c2)c(C)c1. The monoisotopic (exact) mass is 267 g/mol. The fourth-order valence-corrected chi connectivity index (χ4v) is 2.70. The first kappa shape index (κ1) is 14.8. The molecule has 0 unspecified atom stereocenters. The van der Waals surface area contributed by atoms with Crippen LogP contribution in [0.15, 0.2) is 36.4 Å². The van der Waals surface area contributed by atoms with Crippen LogP contribution < -0.4 is 5.32 Å². The van der Waals surface area contributed by atoms with Gasteiger partial charge in [0.25, 0.3) is 0 Å². The zero-order valence-electron chi connectivity index (χ0n) is 13.1. The van der Waals surface area contributed by atoms with Gasteiger partial charge in [-0.1, -0.05) is 54.4 Å². The fraction of sp³-hybridized carbons (Fsp3) is 0.368. The summed E-state index contributed by atoms with van der Waals surface area (Å²) in [6.07, 6.45) is 1.18. The van der Waals surface area contributed by atoms with Crippen molar-refractivity contribution in [1.82, 2.24) is 5.32 Å². The molecular weight excluding hydrogens is 242 g/mol. The third-order valence-corrected chi connectivity index (χ3v) is 3.58. The van der Waals surface area contributed by atoms with E-state index >= 15 is 0 Å². The number of aryl methyl sites for hydroxylation is 3. The van der Waals surface area contributed by atoms with E-state index < -0.39 is 0 Å². The normalized spacial score (nSPS) is 10.8. The van der Waals surface area contributed by atoms with Crippen molar-refractivity contribution < 1.29 is 0 Å². The van der Waals surface area contributed by atoms with E-state index in [1.54, 1.807) is 0 Å². The van der Waals surface area contributed by atoms with Gasteiger partial charge < -0.3 is 5.32 Å². The van der Waals surface area contributed by atoms with E-state index in [-0.39, 0.29) is 0 Å². The van der Waals surface area contributed by atoms with Gasteiger partial charge in [0, 0.05) is 6.54 Å². The van der Waals surface area contributed by atoms with Gasteiger partial charge in [-0.15, -0.1) is 0 Å². The van der Waals surface area contributed by atoms with Gasteiger partial charge in [0.15, 0.2) is 0 Å². The van der Waals surface area contributed by atoms with E-state index in [1.165, 1.54) is 39.8 Å². The van der Waals surface area contributed by atoms with Gasteiger partial charge in [-0.3, -0.25) is 0 Å². The number of nitrogens with one attached hydrogen (secondary N) is 1. The molecule has 0 heterocycles. The molecule has 0 amide bonds. The lowest BCUT2D eigenvalue weighted by Crippen LogP contribution is -2.13. The average molecular weight is 267 g/mol. The van der Waals surface area contributed by atoms with Crippen molar-refractivity contribution >= 4 is 0 Å². The zero-order chi connectivity index (χ0) is 14.5. The van der Waals surface area contributed by atoms with Crippen molar-refractivity contribution in [1.29, 1.82) is 0 Å². The Morgan fingerprint density at radius 1 is 0.900 bits per heavy atom. The van der Waals surface area contributed by atoms with Crippen molar-refractivity contribution in [2.24, 2.45) is 0 Å². The van der Waals surface area contributed by atoms with Crippen molar-refractivity contribution in [3.8, 4) is 11.1 Å². The second-order valence-corrected chi connectivity index (χ2v) is 5.70. The Hall–Kier alpha value is -1.60. The van der Waals surface area contributed by atoms with E-state index in [2.05, 4.69) is 69.4 Å². The van der Waals surface area contributed by atoms with Gasteiger partial charge in [0.1, 0.15) is 0 Å². The molecular formula is C19H25N. The summed E-state index contributed by atoms with van der Waals surface area (Å²) in [4.78, 5) is 0. The molecule has 2 aromatic rings. The van der Waals surface area contributed by atoms with Gasteiger partial charge in [-0.05, 0) is 56.0 Å². The third-order valence-electron chi connectivity index (χ3n) is 3.58. The maximum absolute atomic E-state index is 3.46. The van der Waals surface area contributed by atoms with E-state index in [0.29, 0.717) is 0 Å². The topological polar surface area (TPSA) is 12.0 Å². The van der Waals surface area contributed by atoms with Gasteiger partial charge in [-0.2, -0.15) is 0 Å². The summed E-state index contributed by atoms with van der Waals surface area (Å²) < 4.78 is 0. The molecule has 0 aliphatic heterocycles. The summed E-state index contributed by atoms with van der Waals surface area (Å²) in [5.74, 6) is 0.